The van der Waals surface area contributed by atoms with E-state index in [1.54, 1.807) is 13.2 Å². The number of ketones is 1. The molecule has 0 saturated carbocycles. The molecule has 0 aliphatic rings. The fourth-order valence-corrected chi connectivity index (χ4v) is 1.51. The number of halogens is 1. The summed E-state index contributed by atoms with van der Waals surface area (Å²) in [4.78, 5) is 11.3. The summed E-state index contributed by atoms with van der Waals surface area (Å²) >= 11 is 0. The lowest BCUT2D eigenvalue weighted by molar-refractivity contribution is 0.0641. The molecule has 5 heteroatoms. The van der Waals surface area contributed by atoms with Crippen molar-refractivity contribution in [1.82, 2.24) is 0 Å². The number of hydrogen-bond donors (Lipinski definition) is 0. The van der Waals surface area contributed by atoms with Crippen molar-refractivity contribution in [3.63, 3.8) is 0 Å². The first-order valence-electron chi connectivity index (χ1n) is 6.15. The van der Waals surface area contributed by atoms with Gasteiger partial charge < -0.3 is 14.2 Å². The molecular weight excluding hydrogens is 251 g/mol. The third kappa shape index (κ3) is 5.36. The first-order chi connectivity index (χ1) is 9.16. The standard InChI is InChI=1S/C14H19FO4/c1-11(16)12-5-3-6-13(15)14(12)19-8-4-7-18-10-9-17-2/h3,5-6H,4,7-10H2,1-2H3. The molecule has 0 aliphatic heterocycles. The van der Waals surface area contributed by atoms with Crippen LogP contribution in [0.3, 0.4) is 0 Å². The van der Waals surface area contributed by atoms with Crippen LogP contribution in [0.4, 0.5) is 4.39 Å². The second kappa shape index (κ2) is 8.61. The highest BCUT2D eigenvalue weighted by molar-refractivity contribution is 5.96. The van der Waals surface area contributed by atoms with Crippen LogP contribution in [0, 0.1) is 5.82 Å². The fraction of sp³-hybridized carbons (Fsp3) is 0.500. The molecule has 0 fully saturated rings. The fourth-order valence-electron chi connectivity index (χ4n) is 1.51. The van der Waals surface area contributed by atoms with Crippen LogP contribution in [0.25, 0.3) is 0 Å². The number of para-hydroxylation sites is 1. The van der Waals surface area contributed by atoms with E-state index in [0.29, 0.717) is 32.8 Å². The summed E-state index contributed by atoms with van der Waals surface area (Å²) in [6.07, 6.45) is 0.620. The number of carbonyl (C=O) groups excluding carboxylic acids is 1. The Labute approximate surface area is 112 Å². The topological polar surface area (TPSA) is 44.8 Å². The average Bonchev–Trinajstić information content (AvgIpc) is 2.39. The maximum absolute atomic E-state index is 13.6. The molecule has 0 amide bonds. The first kappa shape index (κ1) is 15.6. The molecule has 1 rings (SSSR count). The van der Waals surface area contributed by atoms with E-state index in [1.165, 1.54) is 19.1 Å². The zero-order chi connectivity index (χ0) is 14.1. The van der Waals surface area contributed by atoms with E-state index >= 15 is 0 Å². The summed E-state index contributed by atoms with van der Waals surface area (Å²) in [5.74, 6) is -0.717. The molecule has 1 aromatic rings. The second-order valence-electron chi connectivity index (χ2n) is 3.98. The smallest absolute Gasteiger partial charge is 0.165 e. The Balaban J connectivity index is 2.38. The van der Waals surface area contributed by atoms with Crippen molar-refractivity contribution >= 4 is 5.78 Å². The maximum Gasteiger partial charge on any atom is 0.165 e. The minimum absolute atomic E-state index is 0.0203. The number of Topliss-reactive ketones (excluding diaryl/α,β-unsaturated/α-hetero) is 1. The molecule has 1 aromatic carbocycles. The number of rotatable bonds is 9. The minimum Gasteiger partial charge on any atom is -0.490 e. The van der Waals surface area contributed by atoms with Gasteiger partial charge in [0.2, 0.25) is 0 Å². The molecule has 106 valence electrons. The van der Waals surface area contributed by atoms with Crippen LogP contribution >= 0.6 is 0 Å². The van der Waals surface area contributed by atoms with Crippen molar-refractivity contribution in [2.24, 2.45) is 0 Å². The van der Waals surface area contributed by atoms with E-state index in [9.17, 15) is 9.18 Å². The van der Waals surface area contributed by atoms with E-state index < -0.39 is 5.82 Å². The molecule has 4 nitrogen and oxygen atoms in total. The quantitative estimate of drug-likeness (QED) is 0.511. The maximum atomic E-state index is 13.6. The van der Waals surface area contributed by atoms with Gasteiger partial charge >= 0.3 is 0 Å². The SMILES string of the molecule is COCCOCCCOc1c(F)cccc1C(C)=O. The molecule has 0 saturated heterocycles. The summed E-state index contributed by atoms with van der Waals surface area (Å²) in [5.41, 5.74) is 0.264. The molecule has 0 radical (unpaired) electrons. The summed E-state index contributed by atoms with van der Waals surface area (Å²) in [5, 5.41) is 0. The molecule has 0 spiro atoms. The van der Waals surface area contributed by atoms with Crippen LogP contribution in [-0.2, 0) is 9.47 Å². The van der Waals surface area contributed by atoms with Gasteiger partial charge in [0.05, 0.1) is 25.4 Å². The molecule has 0 N–H and O–H groups in total. The van der Waals surface area contributed by atoms with Gasteiger partial charge in [0.15, 0.2) is 17.3 Å². The largest absolute Gasteiger partial charge is 0.490 e. The van der Waals surface area contributed by atoms with Crippen LogP contribution in [0.2, 0.25) is 0 Å². The van der Waals surface area contributed by atoms with E-state index in [2.05, 4.69) is 0 Å². The van der Waals surface area contributed by atoms with Gasteiger partial charge in [-0.05, 0) is 19.1 Å². The molecule has 19 heavy (non-hydrogen) atoms. The molecule has 0 aliphatic carbocycles. The van der Waals surface area contributed by atoms with Crippen LogP contribution < -0.4 is 4.74 Å². The van der Waals surface area contributed by atoms with Gasteiger partial charge in [-0.15, -0.1) is 0 Å². The van der Waals surface area contributed by atoms with Crippen LogP contribution in [0.15, 0.2) is 18.2 Å². The number of methoxy groups -OCH3 is 1. The summed E-state index contributed by atoms with van der Waals surface area (Å²) in [6, 6.07) is 4.32. The van der Waals surface area contributed by atoms with E-state index in [0.717, 1.165) is 0 Å². The predicted octanol–water partition coefficient (Wildman–Crippen LogP) is 2.46. The monoisotopic (exact) mass is 270 g/mol. The Morgan fingerprint density at radius 2 is 2.00 bits per heavy atom. The van der Waals surface area contributed by atoms with Gasteiger partial charge in [0.1, 0.15) is 0 Å². The molecule has 0 aromatic heterocycles. The molecule has 0 bridgehead atoms. The second-order valence-corrected chi connectivity index (χ2v) is 3.98. The lowest BCUT2D eigenvalue weighted by atomic mass is 10.1. The van der Waals surface area contributed by atoms with E-state index in [1.807, 2.05) is 0 Å². The lowest BCUT2D eigenvalue weighted by Crippen LogP contribution is -2.09. The van der Waals surface area contributed by atoms with E-state index in [4.69, 9.17) is 14.2 Å². The van der Waals surface area contributed by atoms with Crippen molar-refractivity contribution in [3.8, 4) is 5.75 Å². The van der Waals surface area contributed by atoms with E-state index in [-0.39, 0.29) is 17.1 Å². The number of ether oxygens (including phenoxy) is 3. The highest BCUT2D eigenvalue weighted by atomic mass is 19.1. The number of hydrogen-bond acceptors (Lipinski definition) is 4. The van der Waals surface area contributed by atoms with Gasteiger partial charge in [-0.25, -0.2) is 4.39 Å². The minimum atomic E-state index is -0.520. The van der Waals surface area contributed by atoms with Gasteiger partial charge in [-0.2, -0.15) is 0 Å². The Morgan fingerprint density at radius 1 is 1.21 bits per heavy atom. The molecule has 0 atom stereocenters. The molecule has 0 unspecified atom stereocenters. The first-order valence-corrected chi connectivity index (χ1v) is 6.15. The number of carbonyl (C=O) groups is 1. The van der Waals surface area contributed by atoms with Crippen molar-refractivity contribution in [2.75, 3.05) is 33.5 Å². The highest BCUT2D eigenvalue weighted by Crippen LogP contribution is 2.23. The highest BCUT2D eigenvalue weighted by Gasteiger charge is 2.12. The normalized spacial score (nSPS) is 10.5. The van der Waals surface area contributed by atoms with Gasteiger partial charge in [0.25, 0.3) is 0 Å². The third-order valence-electron chi connectivity index (χ3n) is 2.46. The van der Waals surface area contributed by atoms with Crippen molar-refractivity contribution in [1.29, 1.82) is 0 Å². The summed E-state index contributed by atoms with van der Waals surface area (Å²) in [6.45, 7) is 3.26. The number of benzene rings is 1. The lowest BCUT2D eigenvalue weighted by Gasteiger charge is -2.10. The van der Waals surface area contributed by atoms with Crippen LogP contribution in [-0.4, -0.2) is 39.3 Å². The Kier molecular flexibility index (Phi) is 7.07. The third-order valence-corrected chi connectivity index (χ3v) is 2.46. The van der Waals surface area contributed by atoms with Gasteiger partial charge in [-0.3, -0.25) is 4.79 Å². The van der Waals surface area contributed by atoms with Crippen molar-refractivity contribution in [2.45, 2.75) is 13.3 Å². The Bertz CT molecular complexity index is 406. The predicted molar refractivity (Wildman–Crippen MR) is 69.2 cm³/mol. The Morgan fingerprint density at radius 3 is 2.68 bits per heavy atom. The summed E-state index contributed by atoms with van der Waals surface area (Å²) in [7, 11) is 1.61. The van der Waals surface area contributed by atoms with Crippen molar-refractivity contribution in [3.05, 3.63) is 29.6 Å². The zero-order valence-electron chi connectivity index (χ0n) is 11.3. The molecular formula is C14H19FO4. The Hall–Kier alpha value is -1.46. The van der Waals surface area contributed by atoms with Crippen molar-refractivity contribution < 1.29 is 23.4 Å². The van der Waals surface area contributed by atoms with Gasteiger partial charge in [0, 0.05) is 20.1 Å². The summed E-state index contributed by atoms with van der Waals surface area (Å²) < 4.78 is 29.0. The van der Waals surface area contributed by atoms with Gasteiger partial charge in [-0.1, -0.05) is 6.07 Å². The molecule has 0 heterocycles. The zero-order valence-corrected chi connectivity index (χ0v) is 11.3. The van der Waals surface area contributed by atoms with Crippen LogP contribution in [0.5, 0.6) is 5.75 Å². The average molecular weight is 270 g/mol. The van der Waals surface area contributed by atoms with Crippen LogP contribution in [0.1, 0.15) is 23.7 Å².